The third-order valence-electron chi connectivity index (χ3n) is 7.68. The third-order valence-corrected chi connectivity index (χ3v) is 7.68. The van der Waals surface area contributed by atoms with E-state index in [4.69, 9.17) is 11.5 Å². The fourth-order valence-corrected chi connectivity index (χ4v) is 6.97. The molecule has 6 unspecified atom stereocenters. The third kappa shape index (κ3) is 0.859. The van der Waals surface area contributed by atoms with Gasteiger partial charge in [0.1, 0.15) is 0 Å². The van der Waals surface area contributed by atoms with Gasteiger partial charge in [0.25, 0.3) is 0 Å². The highest BCUT2D eigenvalue weighted by Gasteiger charge is 2.90. The van der Waals surface area contributed by atoms with Gasteiger partial charge in [-0.2, -0.15) is 0 Å². The molecule has 96 valence electrons. The molecule has 4 fully saturated rings. The van der Waals surface area contributed by atoms with E-state index in [0.29, 0.717) is 16.2 Å². The van der Waals surface area contributed by atoms with Crippen molar-refractivity contribution < 1.29 is 0 Å². The van der Waals surface area contributed by atoms with Crippen LogP contribution in [-0.2, 0) is 0 Å². The molecular formula is C15H26N2. The second-order valence-electron chi connectivity index (χ2n) is 7.92. The maximum absolute atomic E-state index is 6.12. The molecule has 0 heterocycles. The fraction of sp³-hybridized carbons (Fsp3) is 1.00. The van der Waals surface area contributed by atoms with Crippen LogP contribution in [0.3, 0.4) is 0 Å². The minimum Gasteiger partial charge on any atom is -0.330 e. The zero-order valence-electron chi connectivity index (χ0n) is 11.2. The number of hydrogen-bond donors (Lipinski definition) is 2. The van der Waals surface area contributed by atoms with Gasteiger partial charge >= 0.3 is 0 Å². The van der Waals surface area contributed by atoms with Gasteiger partial charge in [-0.05, 0) is 78.7 Å². The minimum atomic E-state index is 0.428. The Kier molecular flexibility index (Phi) is 1.75. The topological polar surface area (TPSA) is 52.0 Å². The Morgan fingerprint density at radius 1 is 1.24 bits per heavy atom. The van der Waals surface area contributed by atoms with E-state index in [-0.39, 0.29) is 0 Å². The van der Waals surface area contributed by atoms with Crippen LogP contribution in [0, 0.1) is 39.9 Å². The molecule has 4 rings (SSSR count). The summed E-state index contributed by atoms with van der Waals surface area (Å²) in [6, 6.07) is 0. The molecule has 4 aliphatic rings. The predicted octanol–water partition coefficient (Wildman–Crippen LogP) is 1.98. The molecule has 0 aromatic carbocycles. The number of rotatable bonds is 2. The van der Waals surface area contributed by atoms with Crippen LogP contribution in [0.4, 0.5) is 0 Å². The summed E-state index contributed by atoms with van der Waals surface area (Å²) in [5, 5.41) is 0. The number of hydrogen-bond acceptors (Lipinski definition) is 2. The van der Waals surface area contributed by atoms with Crippen molar-refractivity contribution in [1.82, 2.24) is 0 Å². The van der Waals surface area contributed by atoms with E-state index in [1.807, 2.05) is 0 Å². The maximum Gasteiger partial charge on any atom is -0.00119 e. The van der Waals surface area contributed by atoms with Crippen LogP contribution in [0.2, 0.25) is 0 Å². The lowest BCUT2D eigenvalue weighted by Gasteiger charge is -2.43. The van der Waals surface area contributed by atoms with Crippen molar-refractivity contribution in [2.45, 2.75) is 39.5 Å². The molecule has 2 nitrogen and oxygen atoms in total. The van der Waals surface area contributed by atoms with E-state index in [9.17, 15) is 0 Å². The van der Waals surface area contributed by atoms with Crippen molar-refractivity contribution in [2.75, 3.05) is 13.1 Å². The first-order valence-corrected chi connectivity index (χ1v) is 7.45. The summed E-state index contributed by atoms with van der Waals surface area (Å²) < 4.78 is 0. The molecule has 0 aliphatic heterocycles. The number of nitrogens with two attached hydrogens (primary N) is 2. The molecule has 4 N–H and O–H groups in total. The average molecular weight is 234 g/mol. The molecule has 17 heavy (non-hydrogen) atoms. The lowest BCUT2D eigenvalue weighted by molar-refractivity contribution is 0.0476. The average Bonchev–Trinajstić information content (AvgIpc) is 2.76. The molecule has 0 radical (unpaired) electrons. The van der Waals surface area contributed by atoms with Gasteiger partial charge in [-0.25, -0.2) is 0 Å². The molecular weight excluding hydrogens is 208 g/mol. The Morgan fingerprint density at radius 3 is 2.65 bits per heavy atom. The van der Waals surface area contributed by atoms with Crippen LogP contribution in [0.5, 0.6) is 0 Å². The predicted molar refractivity (Wildman–Crippen MR) is 69.2 cm³/mol. The first kappa shape index (κ1) is 10.8. The van der Waals surface area contributed by atoms with E-state index in [1.165, 1.54) is 25.7 Å². The standard InChI is InChI=1S/C15H26N2/c1-9-12-10-5-13(2,7-16)4-3-11(10)15(9)6-14(12,15)8-17/h9-12H,3-8,16-17H2,1-2H3/t9-,10?,11?,12?,13?,14?,15?/m0/s1. The first-order valence-electron chi connectivity index (χ1n) is 7.45. The molecule has 0 aromatic heterocycles. The minimum absolute atomic E-state index is 0.428. The molecule has 4 aliphatic carbocycles. The van der Waals surface area contributed by atoms with Crippen LogP contribution in [-0.4, -0.2) is 13.1 Å². The first-order chi connectivity index (χ1) is 8.05. The molecule has 4 saturated carbocycles. The Labute approximate surface area is 105 Å². The normalized spacial score (nSPS) is 67.1. The summed E-state index contributed by atoms with van der Waals surface area (Å²) in [4.78, 5) is 0. The van der Waals surface area contributed by atoms with Gasteiger partial charge in [0.2, 0.25) is 0 Å². The van der Waals surface area contributed by atoms with Gasteiger partial charge in [-0.3, -0.25) is 0 Å². The molecule has 2 bridgehead atoms. The van der Waals surface area contributed by atoms with Crippen molar-refractivity contribution in [3.8, 4) is 0 Å². The zero-order valence-corrected chi connectivity index (χ0v) is 11.2. The SMILES string of the molecule is C[C@H]1C2C3CC(C)(CN)CCC3C13CC23CN. The van der Waals surface area contributed by atoms with Gasteiger partial charge in [0.15, 0.2) is 0 Å². The molecule has 0 saturated heterocycles. The lowest BCUT2D eigenvalue weighted by Crippen LogP contribution is -2.44. The van der Waals surface area contributed by atoms with E-state index in [0.717, 1.165) is 36.8 Å². The van der Waals surface area contributed by atoms with Crippen LogP contribution >= 0.6 is 0 Å². The fourth-order valence-electron chi connectivity index (χ4n) is 6.97. The van der Waals surface area contributed by atoms with Gasteiger partial charge in [-0.1, -0.05) is 13.8 Å². The second-order valence-corrected chi connectivity index (χ2v) is 7.92. The summed E-state index contributed by atoms with van der Waals surface area (Å²) in [5.74, 6) is 3.88. The van der Waals surface area contributed by atoms with Crippen LogP contribution < -0.4 is 11.5 Å². The van der Waals surface area contributed by atoms with E-state index >= 15 is 0 Å². The quantitative estimate of drug-likeness (QED) is 0.767. The Morgan fingerprint density at radius 2 is 2.00 bits per heavy atom. The summed E-state index contributed by atoms with van der Waals surface area (Å²) in [5.41, 5.74) is 13.8. The van der Waals surface area contributed by atoms with Crippen molar-refractivity contribution in [2.24, 2.45) is 51.4 Å². The zero-order chi connectivity index (χ0) is 12.1. The van der Waals surface area contributed by atoms with Crippen molar-refractivity contribution in [3.63, 3.8) is 0 Å². The molecule has 0 amide bonds. The lowest BCUT2D eigenvalue weighted by atomic mass is 9.62. The van der Waals surface area contributed by atoms with Gasteiger partial charge in [-0.15, -0.1) is 0 Å². The van der Waals surface area contributed by atoms with Crippen LogP contribution in [0.15, 0.2) is 0 Å². The summed E-state index contributed by atoms with van der Waals surface area (Å²) in [6.07, 6.45) is 5.63. The molecule has 0 spiro atoms. The van der Waals surface area contributed by atoms with E-state index in [1.54, 1.807) is 0 Å². The Bertz CT molecular complexity index is 379. The van der Waals surface area contributed by atoms with Crippen LogP contribution in [0.1, 0.15) is 39.5 Å². The van der Waals surface area contributed by atoms with Gasteiger partial charge in [0.05, 0.1) is 0 Å². The monoisotopic (exact) mass is 234 g/mol. The second kappa shape index (κ2) is 2.75. The van der Waals surface area contributed by atoms with Crippen molar-refractivity contribution >= 4 is 0 Å². The van der Waals surface area contributed by atoms with Gasteiger partial charge in [0, 0.05) is 0 Å². The highest BCUT2D eigenvalue weighted by Crippen LogP contribution is 2.94. The molecule has 0 aromatic rings. The molecule has 7 atom stereocenters. The number of fused-ring (bicyclic) bond motifs is 2. The largest absolute Gasteiger partial charge is 0.330 e. The van der Waals surface area contributed by atoms with Crippen molar-refractivity contribution in [1.29, 1.82) is 0 Å². The van der Waals surface area contributed by atoms with Crippen LogP contribution in [0.25, 0.3) is 0 Å². The Hall–Kier alpha value is -0.0800. The van der Waals surface area contributed by atoms with E-state index in [2.05, 4.69) is 13.8 Å². The Balaban J connectivity index is 1.67. The highest BCUT2D eigenvalue weighted by atomic mass is 15.0. The summed E-state index contributed by atoms with van der Waals surface area (Å²) in [6.45, 7) is 6.74. The summed E-state index contributed by atoms with van der Waals surface area (Å²) in [7, 11) is 0. The van der Waals surface area contributed by atoms with Gasteiger partial charge < -0.3 is 11.5 Å². The highest BCUT2D eigenvalue weighted by molar-refractivity contribution is 5.38. The van der Waals surface area contributed by atoms with E-state index < -0.39 is 0 Å². The van der Waals surface area contributed by atoms with Crippen molar-refractivity contribution in [3.05, 3.63) is 0 Å². The maximum atomic E-state index is 6.12. The molecule has 2 heteroatoms. The smallest absolute Gasteiger partial charge is 0.00119 e. The summed E-state index contributed by atoms with van der Waals surface area (Å²) >= 11 is 0.